The number of hydrogen-bond donors (Lipinski definition) is 0. The van der Waals surface area contributed by atoms with Crippen molar-refractivity contribution in [2.45, 2.75) is 19.0 Å². The molecule has 0 saturated heterocycles. The van der Waals surface area contributed by atoms with Gasteiger partial charge in [0.2, 0.25) is 0 Å². The van der Waals surface area contributed by atoms with E-state index >= 15 is 0 Å². The van der Waals surface area contributed by atoms with Gasteiger partial charge in [0.15, 0.2) is 6.69 Å². The lowest BCUT2D eigenvalue weighted by Gasteiger charge is -2.24. The largest absolute Gasteiger partial charge is 0.164 e. The van der Waals surface area contributed by atoms with Crippen molar-refractivity contribution in [2.24, 2.45) is 0 Å². The van der Waals surface area contributed by atoms with Gasteiger partial charge in [-0.15, -0.1) is 21.9 Å². The molecule has 0 amide bonds. The Kier molecular flexibility index (Phi) is 3.85. The first-order valence-electron chi connectivity index (χ1n) is 5.99. The summed E-state index contributed by atoms with van der Waals surface area (Å²) in [5.41, 5.74) is 0. The van der Waals surface area contributed by atoms with E-state index in [1.165, 1.54) is 22.0 Å². The number of fused-ring (bicyclic) bond motifs is 1. The molecule has 0 aliphatic rings. The van der Waals surface area contributed by atoms with Crippen molar-refractivity contribution in [3.8, 4) is 0 Å². The van der Waals surface area contributed by atoms with Gasteiger partial charge in [0.1, 0.15) is 0 Å². The van der Waals surface area contributed by atoms with Crippen molar-refractivity contribution < 1.29 is 0 Å². The second-order valence-electron chi connectivity index (χ2n) is 4.34. The Balaban J connectivity index is 2.65. The SMILES string of the molecule is C=CC[Si](Br)(CC)c1cccc2ccccc12. The fourth-order valence-electron chi connectivity index (χ4n) is 2.29. The van der Waals surface area contributed by atoms with Crippen LogP contribution in [-0.2, 0) is 0 Å². The fourth-order valence-corrected chi connectivity index (χ4v) is 6.47. The van der Waals surface area contributed by atoms with Gasteiger partial charge in [-0.05, 0) is 28.0 Å². The first-order valence-corrected chi connectivity index (χ1v) is 10.7. The number of allylic oxidation sites excluding steroid dienone is 1. The highest BCUT2D eigenvalue weighted by Gasteiger charge is 2.30. The van der Waals surface area contributed by atoms with Crippen LogP contribution in [0.3, 0.4) is 0 Å². The Labute approximate surface area is 112 Å². The van der Waals surface area contributed by atoms with Gasteiger partial charge in [0.05, 0.1) is 0 Å². The molecule has 2 aromatic rings. The molecule has 0 aliphatic heterocycles. The summed E-state index contributed by atoms with van der Waals surface area (Å²) in [6, 6.07) is 17.5. The lowest BCUT2D eigenvalue weighted by Crippen LogP contribution is -2.40. The topological polar surface area (TPSA) is 0 Å². The Morgan fingerprint density at radius 1 is 1.18 bits per heavy atom. The van der Waals surface area contributed by atoms with Gasteiger partial charge in [0, 0.05) is 0 Å². The molecule has 0 saturated carbocycles. The molecule has 2 rings (SSSR count). The van der Waals surface area contributed by atoms with Gasteiger partial charge in [-0.3, -0.25) is 0 Å². The predicted molar refractivity (Wildman–Crippen MR) is 83.7 cm³/mol. The molecule has 0 aliphatic carbocycles. The molecular formula is C15H17BrSi. The summed E-state index contributed by atoms with van der Waals surface area (Å²) in [7, 11) is 0. The highest BCUT2D eigenvalue weighted by atomic mass is 79.9. The average Bonchev–Trinajstić information content (AvgIpc) is 2.38. The normalized spacial score (nSPS) is 14.5. The molecule has 0 N–H and O–H groups in total. The summed E-state index contributed by atoms with van der Waals surface area (Å²) >= 11 is 4.04. The first-order chi connectivity index (χ1) is 8.21. The third-order valence-corrected chi connectivity index (χ3v) is 10.7. The summed E-state index contributed by atoms with van der Waals surface area (Å²) in [6.07, 6.45) is 2.05. The van der Waals surface area contributed by atoms with Crippen LogP contribution in [0.1, 0.15) is 6.92 Å². The molecule has 1 unspecified atom stereocenters. The lowest BCUT2D eigenvalue weighted by molar-refractivity contribution is 1.39. The summed E-state index contributed by atoms with van der Waals surface area (Å²) < 4.78 is 0. The highest BCUT2D eigenvalue weighted by molar-refractivity contribution is 9.26. The summed E-state index contributed by atoms with van der Waals surface area (Å²) in [4.78, 5) is 0. The minimum atomic E-state index is -1.57. The molecule has 0 radical (unpaired) electrons. The van der Waals surface area contributed by atoms with E-state index in [1.807, 2.05) is 6.08 Å². The van der Waals surface area contributed by atoms with E-state index < -0.39 is 6.69 Å². The van der Waals surface area contributed by atoms with Crippen molar-refractivity contribution in [1.29, 1.82) is 0 Å². The maximum Gasteiger partial charge on any atom is 0.164 e. The standard InChI is InChI=1S/C15H17BrSi/c1-3-12-17(16,4-2)15-11-7-9-13-8-5-6-10-14(13)15/h3,5-11H,1,4,12H2,2H3. The van der Waals surface area contributed by atoms with Crippen LogP contribution < -0.4 is 5.19 Å². The predicted octanol–water partition coefficient (Wildman–Crippen LogP) is 4.59. The second-order valence-corrected chi connectivity index (χ2v) is 12.5. The van der Waals surface area contributed by atoms with Crippen molar-refractivity contribution in [3.05, 3.63) is 55.1 Å². The summed E-state index contributed by atoms with van der Waals surface area (Å²) in [6.45, 7) is 4.60. The van der Waals surface area contributed by atoms with E-state index in [9.17, 15) is 0 Å². The number of benzene rings is 2. The van der Waals surface area contributed by atoms with E-state index in [4.69, 9.17) is 0 Å². The van der Waals surface area contributed by atoms with Crippen molar-refractivity contribution in [3.63, 3.8) is 0 Å². The van der Waals surface area contributed by atoms with Gasteiger partial charge >= 0.3 is 0 Å². The van der Waals surface area contributed by atoms with Crippen LogP contribution in [0.4, 0.5) is 0 Å². The summed E-state index contributed by atoms with van der Waals surface area (Å²) in [5, 5.41) is 4.22. The number of rotatable bonds is 4. The monoisotopic (exact) mass is 304 g/mol. The first kappa shape index (κ1) is 12.6. The zero-order chi connectivity index (χ0) is 12.3. The van der Waals surface area contributed by atoms with E-state index in [0.29, 0.717) is 0 Å². The minimum absolute atomic E-state index is 1.08. The van der Waals surface area contributed by atoms with Crippen LogP contribution in [0.5, 0.6) is 0 Å². The van der Waals surface area contributed by atoms with E-state index in [2.05, 4.69) is 71.3 Å². The lowest BCUT2D eigenvalue weighted by atomic mass is 10.1. The van der Waals surface area contributed by atoms with Crippen LogP contribution in [-0.4, -0.2) is 6.69 Å². The average molecular weight is 305 g/mol. The molecule has 0 spiro atoms. The molecule has 0 heterocycles. The van der Waals surface area contributed by atoms with Crippen LogP contribution in [0.15, 0.2) is 55.1 Å². The fraction of sp³-hybridized carbons (Fsp3) is 0.200. The third-order valence-electron chi connectivity index (χ3n) is 3.30. The molecule has 0 nitrogen and oxygen atoms in total. The zero-order valence-corrected chi connectivity index (χ0v) is 12.7. The van der Waals surface area contributed by atoms with Crippen molar-refractivity contribution >= 4 is 37.9 Å². The Morgan fingerprint density at radius 2 is 1.88 bits per heavy atom. The third kappa shape index (κ3) is 2.38. The maximum atomic E-state index is 4.04. The minimum Gasteiger partial charge on any atom is -0.120 e. The van der Waals surface area contributed by atoms with Gasteiger partial charge in [0.25, 0.3) is 0 Å². The van der Waals surface area contributed by atoms with Crippen LogP contribution in [0.2, 0.25) is 12.1 Å². The molecule has 2 aromatic carbocycles. The van der Waals surface area contributed by atoms with Crippen LogP contribution in [0, 0.1) is 0 Å². The summed E-state index contributed by atoms with van der Waals surface area (Å²) in [5.74, 6) is 0. The molecule has 0 fully saturated rings. The molecule has 2 heteroatoms. The molecule has 0 bridgehead atoms. The van der Waals surface area contributed by atoms with E-state index in [-0.39, 0.29) is 0 Å². The molecule has 0 aromatic heterocycles. The van der Waals surface area contributed by atoms with Crippen LogP contribution >= 0.6 is 15.3 Å². The maximum absolute atomic E-state index is 4.04. The van der Waals surface area contributed by atoms with E-state index in [0.717, 1.165) is 6.04 Å². The number of halogens is 1. The molecule has 1 atom stereocenters. The Morgan fingerprint density at radius 3 is 2.59 bits per heavy atom. The van der Waals surface area contributed by atoms with Gasteiger partial charge in [-0.1, -0.05) is 55.5 Å². The Bertz CT molecular complexity index is 530. The zero-order valence-electron chi connectivity index (χ0n) is 10.1. The number of hydrogen-bond acceptors (Lipinski definition) is 0. The second kappa shape index (κ2) is 5.19. The molecule has 88 valence electrons. The Hall–Kier alpha value is -0.863. The van der Waals surface area contributed by atoms with Gasteiger partial charge < -0.3 is 0 Å². The van der Waals surface area contributed by atoms with Crippen molar-refractivity contribution in [2.75, 3.05) is 0 Å². The molecule has 17 heavy (non-hydrogen) atoms. The van der Waals surface area contributed by atoms with Gasteiger partial charge in [-0.25, -0.2) is 0 Å². The molecular weight excluding hydrogens is 288 g/mol. The van der Waals surface area contributed by atoms with Crippen LogP contribution in [0.25, 0.3) is 10.8 Å². The smallest absolute Gasteiger partial charge is 0.120 e. The van der Waals surface area contributed by atoms with Crippen molar-refractivity contribution in [1.82, 2.24) is 0 Å². The highest BCUT2D eigenvalue weighted by Crippen LogP contribution is 2.26. The van der Waals surface area contributed by atoms with Gasteiger partial charge in [-0.2, -0.15) is 0 Å². The quantitative estimate of drug-likeness (QED) is 0.440. The van der Waals surface area contributed by atoms with E-state index in [1.54, 1.807) is 0 Å².